The van der Waals surface area contributed by atoms with Crippen LogP contribution in [0.25, 0.3) is 28.3 Å². The number of nitrogens with zero attached hydrogens (tertiary/aromatic N) is 5. The topological polar surface area (TPSA) is 85.7 Å². The van der Waals surface area contributed by atoms with Crippen LogP contribution in [0.3, 0.4) is 0 Å². The van der Waals surface area contributed by atoms with Gasteiger partial charge in [0.25, 0.3) is 5.56 Å². The number of anilines is 1. The molecule has 3 rings (SSSR count). The van der Waals surface area contributed by atoms with E-state index in [0.29, 0.717) is 22.3 Å². The number of hydrogen-bond donors (Lipinski definition) is 0. The van der Waals surface area contributed by atoms with Crippen molar-refractivity contribution < 1.29 is 0 Å². The summed E-state index contributed by atoms with van der Waals surface area (Å²) in [5, 5.41) is 22.5. The Hall–Kier alpha value is -4.16. The zero-order chi connectivity index (χ0) is 21.0. The summed E-state index contributed by atoms with van der Waals surface area (Å²) in [6, 6.07) is 18.8. The fraction of sp³-hybridized carbons (Fsp3) is 0.130. The Bertz CT molecular complexity index is 1220. The molecule has 2 aromatic carbocycles. The first-order chi connectivity index (χ1) is 14.0. The SMILES string of the molecule is CN(C)c1ccccc1-c1cnn(C)c(=O)c1-c1ccccc1C=C(C#N)C#N. The highest BCUT2D eigenvalue weighted by Crippen LogP contribution is 2.36. The average Bonchev–Trinajstić information content (AvgIpc) is 2.74. The second-order valence-electron chi connectivity index (χ2n) is 6.64. The van der Waals surface area contributed by atoms with Crippen LogP contribution >= 0.6 is 0 Å². The maximum Gasteiger partial charge on any atom is 0.275 e. The van der Waals surface area contributed by atoms with Crippen LogP contribution < -0.4 is 10.5 Å². The molecule has 0 amide bonds. The van der Waals surface area contributed by atoms with E-state index >= 15 is 0 Å². The minimum atomic E-state index is -0.257. The predicted octanol–water partition coefficient (Wildman–Crippen LogP) is 3.61. The Morgan fingerprint density at radius 1 is 1.00 bits per heavy atom. The second kappa shape index (κ2) is 8.24. The van der Waals surface area contributed by atoms with Crippen molar-refractivity contribution in [1.29, 1.82) is 10.5 Å². The number of allylic oxidation sites excluding steroid dienone is 1. The van der Waals surface area contributed by atoms with Gasteiger partial charge in [0.2, 0.25) is 0 Å². The van der Waals surface area contributed by atoms with Gasteiger partial charge >= 0.3 is 0 Å². The van der Waals surface area contributed by atoms with Crippen LogP contribution in [0.15, 0.2) is 65.1 Å². The summed E-state index contributed by atoms with van der Waals surface area (Å²) in [5.74, 6) is 0. The molecule has 1 aromatic heterocycles. The van der Waals surface area contributed by atoms with E-state index in [2.05, 4.69) is 5.10 Å². The highest BCUT2D eigenvalue weighted by molar-refractivity contribution is 5.91. The smallest absolute Gasteiger partial charge is 0.275 e. The molecule has 0 radical (unpaired) electrons. The van der Waals surface area contributed by atoms with E-state index < -0.39 is 0 Å². The maximum absolute atomic E-state index is 13.2. The molecule has 6 nitrogen and oxygen atoms in total. The number of rotatable bonds is 4. The number of aryl methyl sites for hydroxylation is 1. The van der Waals surface area contributed by atoms with Gasteiger partial charge in [-0.1, -0.05) is 42.5 Å². The number of benzene rings is 2. The number of aromatic nitrogens is 2. The van der Waals surface area contributed by atoms with Crippen molar-refractivity contribution in [2.75, 3.05) is 19.0 Å². The molecular weight excluding hydrogens is 362 g/mol. The standard InChI is InChI=1S/C23H19N5O/c1-27(2)21-11-7-6-10-19(21)20-15-26-28(3)23(29)22(20)18-9-5-4-8-17(18)12-16(13-24)14-25/h4-12,15H,1-3H3. The highest BCUT2D eigenvalue weighted by Gasteiger charge is 2.19. The van der Waals surface area contributed by atoms with Crippen molar-refractivity contribution in [1.82, 2.24) is 9.78 Å². The summed E-state index contributed by atoms with van der Waals surface area (Å²) in [5.41, 5.74) is 3.96. The van der Waals surface area contributed by atoms with Gasteiger partial charge in [-0.2, -0.15) is 15.6 Å². The predicted molar refractivity (Wildman–Crippen MR) is 114 cm³/mol. The van der Waals surface area contributed by atoms with Gasteiger partial charge in [0, 0.05) is 38.0 Å². The van der Waals surface area contributed by atoms with Crippen LogP contribution in [0.4, 0.5) is 5.69 Å². The van der Waals surface area contributed by atoms with Crippen LogP contribution in [0.2, 0.25) is 0 Å². The lowest BCUT2D eigenvalue weighted by atomic mass is 9.92. The molecule has 0 unspecified atom stereocenters. The number of hydrogen-bond acceptors (Lipinski definition) is 5. The lowest BCUT2D eigenvalue weighted by Gasteiger charge is -2.19. The van der Waals surface area contributed by atoms with Gasteiger partial charge in [0.15, 0.2) is 0 Å². The van der Waals surface area contributed by atoms with Crippen molar-refractivity contribution in [3.8, 4) is 34.4 Å². The van der Waals surface area contributed by atoms with Gasteiger partial charge in [0.05, 0.1) is 11.8 Å². The fourth-order valence-electron chi connectivity index (χ4n) is 3.19. The summed E-state index contributed by atoms with van der Waals surface area (Å²) in [6.07, 6.45) is 3.17. The Labute approximate surface area is 169 Å². The Morgan fingerprint density at radius 3 is 2.28 bits per heavy atom. The van der Waals surface area contributed by atoms with E-state index in [1.54, 1.807) is 25.4 Å². The first-order valence-electron chi connectivity index (χ1n) is 8.92. The molecular formula is C23H19N5O. The minimum absolute atomic E-state index is 0.0291. The van der Waals surface area contributed by atoms with Crippen molar-refractivity contribution in [3.63, 3.8) is 0 Å². The van der Waals surface area contributed by atoms with Crippen LogP contribution in [-0.4, -0.2) is 23.9 Å². The van der Waals surface area contributed by atoms with E-state index in [-0.39, 0.29) is 11.1 Å². The lowest BCUT2D eigenvalue weighted by Crippen LogP contribution is -2.22. The van der Waals surface area contributed by atoms with Gasteiger partial charge in [0.1, 0.15) is 17.7 Å². The maximum atomic E-state index is 13.2. The van der Waals surface area contributed by atoms with Crippen molar-refractivity contribution in [2.24, 2.45) is 7.05 Å². The molecule has 0 bridgehead atoms. The first-order valence-corrected chi connectivity index (χ1v) is 8.92. The second-order valence-corrected chi connectivity index (χ2v) is 6.64. The molecule has 0 aliphatic heterocycles. The minimum Gasteiger partial charge on any atom is -0.377 e. The van der Waals surface area contributed by atoms with E-state index in [0.717, 1.165) is 11.3 Å². The summed E-state index contributed by atoms with van der Waals surface area (Å²) >= 11 is 0. The van der Waals surface area contributed by atoms with Crippen LogP contribution in [0, 0.1) is 22.7 Å². The summed E-state index contributed by atoms with van der Waals surface area (Å²) in [4.78, 5) is 15.1. The Balaban J connectivity index is 2.39. The monoisotopic (exact) mass is 381 g/mol. The van der Waals surface area contributed by atoms with Crippen LogP contribution in [0.1, 0.15) is 5.56 Å². The zero-order valence-electron chi connectivity index (χ0n) is 16.4. The molecule has 3 aromatic rings. The molecule has 29 heavy (non-hydrogen) atoms. The first kappa shape index (κ1) is 19.6. The van der Waals surface area contributed by atoms with E-state index in [1.807, 2.05) is 67.5 Å². The average molecular weight is 381 g/mol. The van der Waals surface area contributed by atoms with E-state index in [4.69, 9.17) is 10.5 Å². The molecule has 0 atom stereocenters. The van der Waals surface area contributed by atoms with Gasteiger partial charge in [-0.05, 0) is 23.3 Å². The molecule has 0 saturated carbocycles. The van der Waals surface area contributed by atoms with E-state index in [1.165, 1.54) is 10.8 Å². The Morgan fingerprint density at radius 2 is 1.62 bits per heavy atom. The molecule has 0 saturated heterocycles. The highest BCUT2D eigenvalue weighted by atomic mass is 16.1. The third-order valence-electron chi connectivity index (χ3n) is 4.58. The quantitative estimate of drug-likeness (QED) is 0.645. The van der Waals surface area contributed by atoms with Gasteiger partial charge in [-0.25, -0.2) is 4.68 Å². The van der Waals surface area contributed by atoms with Crippen LogP contribution in [-0.2, 0) is 7.05 Å². The normalized spacial score (nSPS) is 9.97. The molecule has 0 fully saturated rings. The molecule has 0 aliphatic rings. The van der Waals surface area contributed by atoms with Crippen molar-refractivity contribution in [3.05, 3.63) is 76.2 Å². The molecule has 0 aliphatic carbocycles. The van der Waals surface area contributed by atoms with Gasteiger partial charge in [-0.15, -0.1) is 0 Å². The molecule has 142 valence electrons. The lowest BCUT2D eigenvalue weighted by molar-refractivity contribution is 0.711. The van der Waals surface area contributed by atoms with Crippen LogP contribution in [0.5, 0.6) is 0 Å². The Kier molecular flexibility index (Phi) is 5.57. The summed E-state index contributed by atoms with van der Waals surface area (Å²) < 4.78 is 1.28. The third-order valence-corrected chi connectivity index (χ3v) is 4.58. The molecule has 0 N–H and O–H groups in total. The molecule has 1 heterocycles. The fourth-order valence-corrected chi connectivity index (χ4v) is 3.19. The number of nitriles is 2. The molecule has 0 spiro atoms. The number of para-hydroxylation sites is 1. The van der Waals surface area contributed by atoms with Crippen molar-refractivity contribution in [2.45, 2.75) is 0 Å². The largest absolute Gasteiger partial charge is 0.377 e. The van der Waals surface area contributed by atoms with Gasteiger partial charge in [-0.3, -0.25) is 4.79 Å². The van der Waals surface area contributed by atoms with E-state index in [9.17, 15) is 4.79 Å². The van der Waals surface area contributed by atoms with Crippen molar-refractivity contribution >= 4 is 11.8 Å². The molecule has 6 heteroatoms. The summed E-state index contributed by atoms with van der Waals surface area (Å²) in [7, 11) is 5.48. The summed E-state index contributed by atoms with van der Waals surface area (Å²) in [6.45, 7) is 0. The third kappa shape index (κ3) is 3.78. The zero-order valence-corrected chi connectivity index (χ0v) is 16.4. The van der Waals surface area contributed by atoms with Gasteiger partial charge < -0.3 is 4.90 Å².